The molecule has 0 aliphatic heterocycles. The van der Waals surface area contributed by atoms with Gasteiger partial charge in [-0.3, -0.25) is 14.2 Å². The molecule has 0 spiro atoms. The molecule has 6 heteroatoms. The van der Waals surface area contributed by atoms with Crippen LogP contribution in [-0.4, -0.2) is 10.5 Å². The summed E-state index contributed by atoms with van der Waals surface area (Å²) in [4.78, 5) is 24.9. The van der Waals surface area contributed by atoms with Crippen molar-refractivity contribution in [3.05, 3.63) is 85.7 Å². The van der Waals surface area contributed by atoms with Gasteiger partial charge in [-0.1, -0.05) is 41.2 Å². The van der Waals surface area contributed by atoms with Crippen LogP contribution in [0.4, 0.5) is 10.1 Å². The van der Waals surface area contributed by atoms with E-state index in [9.17, 15) is 14.0 Å². The van der Waals surface area contributed by atoms with E-state index in [0.717, 1.165) is 22.5 Å². The van der Waals surface area contributed by atoms with Crippen LogP contribution in [0.2, 0.25) is 0 Å². The third-order valence-electron chi connectivity index (χ3n) is 3.91. The summed E-state index contributed by atoms with van der Waals surface area (Å²) in [5, 5.41) is 2.81. The molecular formula is C19H17FN2O2S. The van der Waals surface area contributed by atoms with Gasteiger partial charge in [-0.25, -0.2) is 4.39 Å². The minimum atomic E-state index is -0.323. The van der Waals surface area contributed by atoms with Crippen LogP contribution in [0.3, 0.4) is 0 Å². The van der Waals surface area contributed by atoms with E-state index < -0.39 is 0 Å². The van der Waals surface area contributed by atoms with Gasteiger partial charge in [0, 0.05) is 11.4 Å². The van der Waals surface area contributed by atoms with Crippen LogP contribution in [-0.2, 0) is 6.54 Å². The number of carbonyl (C=O) groups excluding carboxylic acids is 1. The summed E-state index contributed by atoms with van der Waals surface area (Å²) >= 11 is 0.915. The van der Waals surface area contributed by atoms with Gasteiger partial charge in [-0.05, 0) is 43.7 Å². The molecule has 3 rings (SSSR count). The van der Waals surface area contributed by atoms with E-state index in [-0.39, 0.29) is 16.6 Å². The molecule has 0 unspecified atom stereocenters. The predicted molar refractivity (Wildman–Crippen MR) is 98.0 cm³/mol. The van der Waals surface area contributed by atoms with E-state index >= 15 is 0 Å². The molecule has 1 heterocycles. The molecule has 25 heavy (non-hydrogen) atoms. The van der Waals surface area contributed by atoms with Crippen LogP contribution < -0.4 is 10.2 Å². The number of nitrogens with one attached hydrogen (secondary N) is 1. The number of nitrogens with zero attached hydrogens (tertiary/aromatic N) is 1. The van der Waals surface area contributed by atoms with Gasteiger partial charge in [0.2, 0.25) is 0 Å². The van der Waals surface area contributed by atoms with Gasteiger partial charge in [-0.15, -0.1) is 0 Å². The molecule has 0 aliphatic carbocycles. The average Bonchev–Trinajstić information content (AvgIpc) is 2.87. The van der Waals surface area contributed by atoms with Crippen molar-refractivity contribution in [2.75, 3.05) is 5.32 Å². The first-order valence-corrected chi connectivity index (χ1v) is 8.58. The lowest BCUT2D eigenvalue weighted by atomic mass is 10.2. The maximum absolute atomic E-state index is 13.0. The zero-order chi connectivity index (χ0) is 18.0. The summed E-state index contributed by atoms with van der Waals surface area (Å²) < 4.78 is 14.5. The first kappa shape index (κ1) is 17.1. The molecule has 0 aliphatic rings. The second-order valence-electron chi connectivity index (χ2n) is 5.82. The Kier molecular flexibility index (Phi) is 4.81. The molecular weight excluding hydrogens is 339 g/mol. The van der Waals surface area contributed by atoms with Gasteiger partial charge in [-0.2, -0.15) is 0 Å². The molecule has 0 saturated heterocycles. The second-order valence-corrected chi connectivity index (χ2v) is 6.78. The molecule has 1 aromatic heterocycles. The van der Waals surface area contributed by atoms with Crippen molar-refractivity contribution >= 4 is 22.9 Å². The van der Waals surface area contributed by atoms with Crippen LogP contribution in [0, 0.1) is 19.7 Å². The lowest BCUT2D eigenvalue weighted by Gasteiger charge is -2.07. The van der Waals surface area contributed by atoms with Gasteiger partial charge in [0.25, 0.3) is 5.91 Å². The fraction of sp³-hybridized carbons (Fsp3) is 0.158. The largest absolute Gasteiger partial charge is 0.321 e. The highest BCUT2D eigenvalue weighted by atomic mass is 32.1. The van der Waals surface area contributed by atoms with Crippen LogP contribution >= 0.6 is 11.3 Å². The number of aryl methyl sites for hydroxylation is 1. The number of hydrogen-bond acceptors (Lipinski definition) is 3. The van der Waals surface area contributed by atoms with Crippen molar-refractivity contribution in [2.24, 2.45) is 0 Å². The standard InChI is InChI=1S/C19H17FN2O2S/c1-12-3-9-16(10-4-12)21-18(23)17-13(2)22(19(24)25-17)11-14-5-7-15(20)8-6-14/h3-10H,11H2,1-2H3,(H,21,23). The Morgan fingerprint density at radius 2 is 1.72 bits per heavy atom. The number of hydrogen-bond donors (Lipinski definition) is 1. The highest BCUT2D eigenvalue weighted by Crippen LogP contribution is 2.17. The molecule has 3 aromatic rings. The SMILES string of the molecule is Cc1ccc(NC(=O)c2sc(=O)n(Cc3ccc(F)cc3)c2C)cc1. The molecule has 0 saturated carbocycles. The zero-order valence-electron chi connectivity index (χ0n) is 13.9. The Balaban J connectivity index is 1.83. The lowest BCUT2D eigenvalue weighted by molar-refractivity contribution is 0.102. The van der Waals surface area contributed by atoms with Crippen molar-refractivity contribution in [1.29, 1.82) is 0 Å². The van der Waals surface area contributed by atoms with Crippen molar-refractivity contribution in [3.63, 3.8) is 0 Å². The molecule has 0 radical (unpaired) electrons. The molecule has 1 N–H and O–H groups in total. The minimum Gasteiger partial charge on any atom is -0.321 e. The lowest BCUT2D eigenvalue weighted by Crippen LogP contribution is -2.16. The normalized spacial score (nSPS) is 10.7. The number of amides is 1. The molecule has 4 nitrogen and oxygen atoms in total. The Bertz CT molecular complexity index is 957. The summed E-state index contributed by atoms with van der Waals surface area (Å²) in [7, 11) is 0. The Morgan fingerprint density at radius 3 is 2.36 bits per heavy atom. The van der Waals surface area contributed by atoms with Gasteiger partial charge in [0.1, 0.15) is 10.7 Å². The first-order valence-electron chi connectivity index (χ1n) is 7.77. The predicted octanol–water partition coefficient (Wildman–Crippen LogP) is 3.97. The maximum Gasteiger partial charge on any atom is 0.308 e. The van der Waals surface area contributed by atoms with Crippen LogP contribution in [0.5, 0.6) is 0 Å². The zero-order valence-corrected chi connectivity index (χ0v) is 14.7. The summed E-state index contributed by atoms with van der Waals surface area (Å²) in [5.74, 6) is -0.627. The number of carbonyl (C=O) groups is 1. The number of thiazole rings is 1. The monoisotopic (exact) mass is 356 g/mol. The third-order valence-corrected chi connectivity index (χ3v) is 4.99. The highest BCUT2D eigenvalue weighted by Gasteiger charge is 2.18. The van der Waals surface area contributed by atoms with Gasteiger partial charge >= 0.3 is 4.87 Å². The highest BCUT2D eigenvalue weighted by molar-refractivity contribution is 7.11. The Labute approximate surface area is 148 Å². The number of aromatic nitrogens is 1. The van der Waals surface area contributed by atoms with Crippen LogP contribution in [0.15, 0.2) is 53.3 Å². The number of rotatable bonds is 4. The van der Waals surface area contributed by atoms with Crippen molar-refractivity contribution < 1.29 is 9.18 Å². The van der Waals surface area contributed by atoms with Crippen LogP contribution in [0.1, 0.15) is 26.5 Å². The van der Waals surface area contributed by atoms with Crippen molar-refractivity contribution in [3.8, 4) is 0 Å². The van der Waals surface area contributed by atoms with Crippen LogP contribution in [0.25, 0.3) is 0 Å². The quantitative estimate of drug-likeness (QED) is 0.769. The first-order chi connectivity index (χ1) is 11.9. The Hall–Kier alpha value is -2.73. The van der Waals surface area contributed by atoms with Crippen molar-refractivity contribution in [2.45, 2.75) is 20.4 Å². The van der Waals surface area contributed by atoms with E-state index in [1.807, 2.05) is 31.2 Å². The van der Waals surface area contributed by atoms with Gasteiger partial charge in [0.05, 0.1) is 6.54 Å². The van der Waals surface area contributed by atoms with E-state index in [0.29, 0.717) is 22.8 Å². The summed E-state index contributed by atoms with van der Waals surface area (Å²) in [6, 6.07) is 13.4. The smallest absolute Gasteiger partial charge is 0.308 e. The second kappa shape index (κ2) is 7.03. The van der Waals surface area contributed by atoms with E-state index in [1.165, 1.54) is 16.7 Å². The summed E-state index contributed by atoms with van der Waals surface area (Å²) in [6.07, 6.45) is 0. The molecule has 0 fully saturated rings. The molecule has 1 amide bonds. The number of anilines is 1. The number of halogens is 1. The molecule has 128 valence electrons. The molecule has 0 bridgehead atoms. The molecule has 2 aromatic carbocycles. The minimum absolute atomic E-state index is 0.212. The summed E-state index contributed by atoms with van der Waals surface area (Å²) in [6.45, 7) is 4.02. The summed E-state index contributed by atoms with van der Waals surface area (Å²) in [5.41, 5.74) is 3.18. The fourth-order valence-electron chi connectivity index (χ4n) is 2.47. The Morgan fingerprint density at radius 1 is 1.08 bits per heavy atom. The number of benzene rings is 2. The third kappa shape index (κ3) is 3.85. The van der Waals surface area contributed by atoms with E-state index in [2.05, 4.69) is 5.32 Å². The average molecular weight is 356 g/mol. The fourth-order valence-corrected chi connectivity index (χ4v) is 3.35. The van der Waals surface area contributed by atoms with E-state index in [4.69, 9.17) is 0 Å². The van der Waals surface area contributed by atoms with E-state index in [1.54, 1.807) is 19.1 Å². The molecule has 0 atom stereocenters. The van der Waals surface area contributed by atoms with Gasteiger partial charge in [0.15, 0.2) is 0 Å². The van der Waals surface area contributed by atoms with Crippen molar-refractivity contribution in [1.82, 2.24) is 4.57 Å². The topological polar surface area (TPSA) is 51.1 Å². The maximum atomic E-state index is 13.0. The van der Waals surface area contributed by atoms with Gasteiger partial charge < -0.3 is 5.32 Å².